The van der Waals surface area contributed by atoms with Gasteiger partial charge >= 0.3 is 0 Å². The molecule has 1 aromatic heterocycles. The summed E-state index contributed by atoms with van der Waals surface area (Å²) < 4.78 is 7.35. The van der Waals surface area contributed by atoms with Crippen LogP contribution in [0.2, 0.25) is 0 Å². The van der Waals surface area contributed by atoms with Gasteiger partial charge in [0.1, 0.15) is 11.3 Å². The van der Waals surface area contributed by atoms with E-state index in [0.29, 0.717) is 34.3 Å². The predicted octanol–water partition coefficient (Wildman–Crippen LogP) is 5.47. The molecule has 0 saturated heterocycles. The molecule has 0 amide bonds. The fraction of sp³-hybridized carbons (Fsp3) is 0.167. The Bertz CT molecular complexity index is 950. The van der Waals surface area contributed by atoms with Crippen molar-refractivity contribution < 1.29 is 19.4 Å². The van der Waals surface area contributed by atoms with Crippen LogP contribution in [0.3, 0.4) is 0 Å². The van der Waals surface area contributed by atoms with Gasteiger partial charge in [-0.3, -0.25) is 4.79 Å². The summed E-state index contributed by atoms with van der Waals surface area (Å²) in [4.78, 5) is 13.1. The lowest BCUT2D eigenvalue weighted by molar-refractivity contribution is 0.103. The molecular weight excluding hydrogens is 440 g/mol. The largest absolute Gasteiger partial charge is 0.504 e. The monoisotopic (exact) mass is 452 g/mol. The molecule has 0 fully saturated rings. The molecule has 2 aromatic carbocycles. The van der Waals surface area contributed by atoms with Crippen molar-refractivity contribution in [2.75, 3.05) is 0 Å². The first kappa shape index (κ1) is 17.0. The van der Waals surface area contributed by atoms with E-state index in [1.807, 2.05) is 13.8 Å². The number of fused-ring (bicyclic) bond motifs is 1. The summed E-state index contributed by atoms with van der Waals surface area (Å²) in [5, 5.41) is 19.9. The highest BCUT2D eigenvalue weighted by atomic mass is 79.9. The third-order valence-corrected chi connectivity index (χ3v) is 5.60. The van der Waals surface area contributed by atoms with Crippen LogP contribution in [0.5, 0.6) is 11.5 Å². The molecule has 4 nitrogen and oxygen atoms in total. The van der Waals surface area contributed by atoms with E-state index in [2.05, 4.69) is 31.9 Å². The average Bonchev–Trinajstić information content (AvgIpc) is 2.89. The zero-order valence-electron chi connectivity index (χ0n) is 13.0. The number of phenols is 2. The van der Waals surface area contributed by atoms with Crippen molar-refractivity contribution in [3.05, 3.63) is 55.7 Å². The molecule has 0 spiro atoms. The number of halogens is 2. The first-order valence-electron chi connectivity index (χ1n) is 7.31. The van der Waals surface area contributed by atoms with Gasteiger partial charge in [0.15, 0.2) is 17.3 Å². The third kappa shape index (κ3) is 2.74. The third-order valence-electron chi connectivity index (χ3n) is 3.95. The smallest absolute Gasteiger partial charge is 0.197 e. The highest BCUT2D eigenvalue weighted by Crippen LogP contribution is 2.37. The second kappa shape index (κ2) is 6.26. The summed E-state index contributed by atoms with van der Waals surface area (Å²) in [6.07, 6.45) is 0.519. The maximum atomic E-state index is 13.1. The Morgan fingerprint density at radius 3 is 2.25 bits per heavy atom. The quantitative estimate of drug-likeness (QED) is 0.407. The van der Waals surface area contributed by atoms with Crippen LogP contribution in [0.1, 0.15) is 34.2 Å². The number of hydrogen-bond donors (Lipinski definition) is 2. The van der Waals surface area contributed by atoms with E-state index in [1.54, 1.807) is 12.1 Å². The van der Waals surface area contributed by atoms with Crippen LogP contribution in [0.25, 0.3) is 11.0 Å². The number of aryl methyl sites for hydroxylation is 1. The summed E-state index contributed by atoms with van der Waals surface area (Å²) in [6.45, 7) is 3.82. The zero-order valence-corrected chi connectivity index (χ0v) is 16.2. The van der Waals surface area contributed by atoms with Crippen molar-refractivity contribution in [3.8, 4) is 11.5 Å². The Morgan fingerprint density at radius 1 is 1.08 bits per heavy atom. The number of aromatic hydroxyl groups is 2. The van der Waals surface area contributed by atoms with Crippen LogP contribution in [0.15, 0.2) is 37.6 Å². The summed E-state index contributed by atoms with van der Waals surface area (Å²) in [5.74, 6) is -0.241. The van der Waals surface area contributed by atoms with Crippen molar-refractivity contribution in [1.82, 2.24) is 0 Å². The minimum absolute atomic E-state index is 0.197. The summed E-state index contributed by atoms with van der Waals surface area (Å²) >= 11 is 6.91. The van der Waals surface area contributed by atoms with Crippen molar-refractivity contribution in [2.24, 2.45) is 0 Å². The molecule has 24 heavy (non-hydrogen) atoms. The normalized spacial score (nSPS) is 11.2. The zero-order chi connectivity index (χ0) is 17.6. The minimum atomic E-state index is -0.286. The summed E-state index contributed by atoms with van der Waals surface area (Å²) in [5.41, 5.74) is 2.28. The molecule has 2 N–H and O–H groups in total. The van der Waals surface area contributed by atoms with E-state index in [9.17, 15) is 15.0 Å². The number of phenolic OH excluding ortho intramolecular Hbond substituents is 2. The van der Waals surface area contributed by atoms with Gasteiger partial charge in [0, 0.05) is 32.4 Å². The first-order valence-corrected chi connectivity index (χ1v) is 8.89. The predicted molar refractivity (Wildman–Crippen MR) is 98.9 cm³/mol. The lowest BCUT2D eigenvalue weighted by Crippen LogP contribution is -2.04. The SMILES string of the molecule is CCc1oc2cc(O)c(O)cc2c1C(=O)c1cc(Br)c(C)c(Br)c1. The van der Waals surface area contributed by atoms with Gasteiger partial charge in [-0.1, -0.05) is 38.8 Å². The van der Waals surface area contributed by atoms with Gasteiger partial charge in [0.25, 0.3) is 0 Å². The molecule has 0 unspecified atom stereocenters. The molecule has 0 atom stereocenters. The molecular formula is C18H14Br2O4. The average molecular weight is 454 g/mol. The van der Waals surface area contributed by atoms with Gasteiger partial charge in [0.05, 0.1) is 5.56 Å². The van der Waals surface area contributed by atoms with E-state index in [-0.39, 0.29) is 17.3 Å². The molecule has 0 aliphatic rings. The van der Waals surface area contributed by atoms with Gasteiger partial charge in [-0.15, -0.1) is 0 Å². The van der Waals surface area contributed by atoms with E-state index in [1.165, 1.54) is 12.1 Å². The fourth-order valence-corrected chi connectivity index (χ4v) is 3.78. The van der Waals surface area contributed by atoms with Crippen LogP contribution in [-0.2, 0) is 6.42 Å². The molecule has 0 aliphatic heterocycles. The van der Waals surface area contributed by atoms with Crippen molar-refractivity contribution >= 4 is 48.6 Å². The van der Waals surface area contributed by atoms with Crippen LogP contribution >= 0.6 is 31.9 Å². The highest BCUT2D eigenvalue weighted by molar-refractivity contribution is 9.11. The van der Waals surface area contributed by atoms with Crippen molar-refractivity contribution in [3.63, 3.8) is 0 Å². The van der Waals surface area contributed by atoms with E-state index in [4.69, 9.17) is 4.42 Å². The van der Waals surface area contributed by atoms with Gasteiger partial charge in [-0.05, 0) is 30.7 Å². The topological polar surface area (TPSA) is 70.7 Å². The second-order valence-electron chi connectivity index (χ2n) is 5.48. The number of carbonyl (C=O) groups excluding carboxylic acids is 1. The van der Waals surface area contributed by atoms with Crippen LogP contribution < -0.4 is 0 Å². The molecule has 124 valence electrons. The number of carbonyl (C=O) groups is 1. The maximum Gasteiger partial charge on any atom is 0.197 e. The Kier molecular flexibility index (Phi) is 4.44. The minimum Gasteiger partial charge on any atom is -0.504 e. The van der Waals surface area contributed by atoms with Crippen molar-refractivity contribution in [2.45, 2.75) is 20.3 Å². The highest BCUT2D eigenvalue weighted by Gasteiger charge is 2.23. The van der Waals surface area contributed by atoms with Crippen molar-refractivity contribution in [1.29, 1.82) is 0 Å². The standard InChI is InChI=1S/C18H14Br2O4/c1-3-15-17(10-6-13(21)14(22)7-16(10)24-15)18(23)9-4-11(19)8(2)12(20)5-9/h4-7,21-22H,3H2,1-2H3. The second-order valence-corrected chi connectivity index (χ2v) is 7.19. The molecule has 6 heteroatoms. The number of benzene rings is 2. The number of rotatable bonds is 3. The molecule has 0 saturated carbocycles. The van der Waals surface area contributed by atoms with Gasteiger partial charge in [0.2, 0.25) is 0 Å². The van der Waals surface area contributed by atoms with Crippen LogP contribution in [0, 0.1) is 6.92 Å². The first-order chi connectivity index (χ1) is 11.3. The molecule has 0 bridgehead atoms. The molecule has 3 aromatic rings. The van der Waals surface area contributed by atoms with E-state index >= 15 is 0 Å². The number of furan rings is 1. The number of ketones is 1. The number of hydrogen-bond acceptors (Lipinski definition) is 4. The Hall–Kier alpha value is -1.79. The summed E-state index contributed by atoms with van der Waals surface area (Å²) in [7, 11) is 0. The Labute approximate surface area is 155 Å². The molecule has 0 radical (unpaired) electrons. The molecule has 0 aliphatic carbocycles. The lowest BCUT2D eigenvalue weighted by Gasteiger charge is -2.07. The van der Waals surface area contributed by atoms with Gasteiger partial charge in [-0.25, -0.2) is 0 Å². The maximum absolute atomic E-state index is 13.1. The van der Waals surface area contributed by atoms with E-state index < -0.39 is 0 Å². The Balaban J connectivity index is 2.25. The lowest BCUT2D eigenvalue weighted by atomic mass is 9.98. The van der Waals surface area contributed by atoms with Gasteiger partial charge < -0.3 is 14.6 Å². The van der Waals surface area contributed by atoms with Gasteiger partial charge in [-0.2, -0.15) is 0 Å². The van der Waals surface area contributed by atoms with E-state index in [0.717, 1.165) is 14.5 Å². The Morgan fingerprint density at radius 2 is 1.67 bits per heavy atom. The fourth-order valence-electron chi connectivity index (χ4n) is 2.59. The molecule has 3 rings (SSSR count). The van der Waals surface area contributed by atoms with Crippen LogP contribution in [-0.4, -0.2) is 16.0 Å². The van der Waals surface area contributed by atoms with Crippen LogP contribution in [0.4, 0.5) is 0 Å². The molecule has 1 heterocycles. The summed E-state index contributed by atoms with van der Waals surface area (Å²) in [6, 6.07) is 6.21.